The molecule has 5 aliphatic carbocycles. The fourth-order valence-corrected chi connectivity index (χ4v) is 12.4. The molecule has 49 heavy (non-hydrogen) atoms. The predicted molar refractivity (Wildman–Crippen MR) is 192 cm³/mol. The van der Waals surface area contributed by atoms with Gasteiger partial charge in [0.2, 0.25) is 0 Å². The zero-order chi connectivity index (χ0) is 35.9. The van der Waals surface area contributed by atoms with Gasteiger partial charge in [0.05, 0.1) is 5.56 Å². The van der Waals surface area contributed by atoms with Gasteiger partial charge in [-0.05, 0) is 129 Å². The van der Waals surface area contributed by atoms with Crippen molar-refractivity contribution in [2.24, 2.45) is 50.2 Å². The van der Waals surface area contributed by atoms with Gasteiger partial charge in [-0.1, -0.05) is 77.8 Å². The van der Waals surface area contributed by atoms with Crippen molar-refractivity contribution in [1.82, 2.24) is 0 Å². The van der Waals surface area contributed by atoms with Gasteiger partial charge in [-0.25, -0.2) is 9.59 Å². The van der Waals surface area contributed by atoms with Crippen LogP contribution < -0.4 is 0 Å². The van der Waals surface area contributed by atoms with Crippen molar-refractivity contribution in [2.75, 3.05) is 0 Å². The van der Waals surface area contributed by atoms with Crippen LogP contribution in [-0.2, 0) is 19.1 Å². The molecular formula is C42H57ClO6. The third kappa shape index (κ3) is 5.35. The lowest BCUT2D eigenvalue weighted by Gasteiger charge is -2.71. The summed E-state index contributed by atoms with van der Waals surface area (Å²) in [7, 11) is 0. The second-order valence-corrected chi connectivity index (χ2v) is 18.8. The summed E-state index contributed by atoms with van der Waals surface area (Å²) in [6.45, 7) is 20.0. The first-order valence-corrected chi connectivity index (χ1v) is 18.9. The quantitative estimate of drug-likeness (QED) is 0.188. The Hall–Kier alpha value is -2.60. The van der Waals surface area contributed by atoms with E-state index in [9.17, 15) is 19.5 Å². The van der Waals surface area contributed by atoms with Gasteiger partial charge >= 0.3 is 17.9 Å². The zero-order valence-electron chi connectivity index (χ0n) is 31.1. The zero-order valence-corrected chi connectivity index (χ0v) is 31.8. The highest BCUT2D eigenvalue weighted by atomic mass is 35.5. The number of aliphatic carboxylic acids is 1. The number of hydrogen-bond acceptors (Lipinski definition) is 5. The van der Waals surface area contributed by atoms with Crippen LogP contribution in [0.15, 0.2) is 47.6 Å². The number of carboxylic acid groups (broad SMARTS) is 1. The van der Waals surface area contributed by atoms with Crippen LogP contribution in [0.1, 0.15) is 130 Å². The van der Waals surface area contributed by atoms with Crippen molar-refractivity contribution in [2.45, 2.75) is 132 Å². The first-order valence-electron chi connectivity index (χ1n) is 18.5. The summed E-state index contributed by atoms with van der Waals surface area (Å²) in [6.07, 6.45) is 10.7. The number of rotatable bonds is 5. The lowest BCUT2D eigenvalue weighted by Crippen LogP contribution is -2.67. The number of ether oxygens (including phenoxy) is 2. The van der Waals surface area contributed by atoms with E-state index in [-0.39, 0.29) is 45.1 Å². The van der Waals surface area contributed by atoms with Gasteiger partial charge < -0.3 is 14.6 Å². The van der Waals surface area contributed by atoms with Crippen LogP contribution in [0.5, 0.6) is 0 Å². The number of carboxylic acids is 1. The molecule has 0 aromatic heterocycles. The van der Waals surface area contributed by atoms with Gasteiger partial charge in [-0.2, -0.15) is 0 Å². The standard InChI is InChI=1S/C42H57ClO6/c1-10-25(2)34(44)49-33-24-37(3,4)23-29-28-15-16-31-39(7)19-18-32(48-35(45)26-11-13-27(43)14-12-26)38(5,6)30(39)17-20-41(31,9)40(28,8)21-22-42(29,33)36(46)47/h10-15,29-33H,16-24H2,1-9H3,(H,46,47)/b25-10-/t29-,30-,31+,32-,33+,39-,40+,41+,42-/m0/s1. The molecule has 6 nitrogen and oxygen atoms in total. The number of benzene rings is 1. The van der Waals surface area contributed by atoms with E-state index in [1.54, 1.807) is 37.3 Å². The lowest BCUT2D eigenvalue weighted by molar-refractivity contribution is -0.215. The lowest BCUT2D eigenvalue weighted by atomic mass is 9.33. The first-order chi connectivity index (χ1) is 22.8. The first kappa shape index (κ1) is 36.2. The summed E-state index contributed by atoms with van der Waals surface area (Å²) < 4.78 is 12.5. The van der Waals surface area contributed by atoms with Crippen molar-refractivity contribution >= 4 is 29.5 Å². The van der Waals surface area contributed by atoms with Gasteiger partial charge in [0.1, 0.15) is 17.6 Å². The molecule has 1 aromatic rings. The monoisotopic (exact) mass is 692 g/mol. The highest BCUT2D eigenvalue weighted by Crippen LogP contribution is 2.76. The SMILES string of the molecule is C/C=C(/C)C(=O)O[C@@H]1CC(C)(C)C[C@H]2C3=CC[C@@H]4[C@@]5(C)CC[C@H](OC(=O)c6ccc(Cl)cc6)C(C)(C)[C@@H]5CC[C@@]4(C)[C@]3(C)CC[C@@]12C(=O)O. The van der Waals surface area contributed by atoms with E-state index >= 15 is 0 Å². The molecular weight excluding hydrogens is 636 g/mol. The van der Waals surface area contributed by atoms with Crippen molar-refractivity contribution in [1.29, 1.82) is 0 Å². The minimum atomic E-state index is -1.14. The molecule has 0 aliphatic heterocycles. The molecule has 7 heteroatoms. The minimum absolute atomic E-state index is 0.0226. The average molecular weight is 693 g/mol. The molecule has 9 atom stereocenters. The smallest absolute Gasteiger partial charge is 0.338 e. The molecule has 4 fully saturated rings. The average Bonchev–Trinajstić information content (AvgIpc) is 3.02. The summed E-state index contributed by atoms with van der Waals surface area (Å²) in [5.41, 5.74) is 0.661. The molecule has 0 heterocycles. The maximum atomic E-state index is 13.5. The van der Waals surface area contributed by atoms with Crippen LogP contribution in [0.3, 0.4) is 0 Å². The number of esters is 2. The van der Waals surface area contributed by atoms with Crippen molar-refractivity contribution in [3.63, 3.8) is 0 Å². The molecule has 6 rings (SSSR count). The van der Waals surface area contributed by atoms with Crippen LogP contribution >= 0.6 is 11.6 Å². The largest absolute Gasteiger partial charge is 0.481 e. The van der Waals surface area contributed by atoms with E-state index in [2.05, 4.69) is 54.5 Å². The second-order valence-electron chi connectivity index (χ2n) is 18.4. The van der Waals surface area contributed by atoms with E-state index in [0.717, 1.165) is 44.9 Å². The van der Waals surface area contributed by atoms with E-state index < -0.39 is 23.5 Å². The van der Waals surface area contributed by atoms with Crippen LogP contribution in [0, 0.1) is 50.2 Å². The van der Waals surface area contributed by atoms with Crippen LogP contribution in [-0.4, -0.2) is 35.2 Å². The third-order valence-electron chi connectivity index (χ3n) is 15.3. The molecule has 0 spiro atoms. The van der Waals surface area contributed by atoms with Crippen LogP contribution in [0.2, 0.25) is 5.02 Å². The molecule has 268 valence electrons. The van der Waals surface area contributed by atoms with Gasteiger partial charge in [0.25, 0.3) is 0 Å². The molecule has 0 amide bonds. The topological polar surface area (TPSA) is 89.9 Å². The maximum Gasteiger partial charge on any atom is 0.338 e. The van der Waals surface area contributed by atoms with Gasteiger partial charge in [0.15, 0.2) is 0 Å². The van der Waals surface area contributed by atoms with E-state index in [1.807, 2.05) is 6.92 Å². The van der Waals surface area contributed by atoms with Gasteiger partial charge in [-0.3, -0.25) is 4.79 Å². The maximum absolute atomic E-state index is 13.5. The molecule has 4 saturated carbocycles. The molecule has 1 aromatic carbocycles. The highest BCUT2D eigenvalue weighted by molar-refractivity contribution is 6.30. The summed E-state index contributed by atoms with van der Waals surface area (Å²) in [5, 5.41) is 11.7. The molecule has 1 N–H and O–H groups in total. The Balaban J connectivity index is 1.33. The van der Waals surface area contributed by atoms with Crippen LogP contribution in [0.25, 0.3) is 0 Å². The van der Waals surface area contributed by atoms with E-state index in [4.69, 9.17) is 21.1 Å². The summed E-state index contributed by atoms with van der Waals surface area (Å²) in [5.74, 6) is -0.934. The second kappa shape index (κ2) is 12.0. The number of carbonyl (C=O) groups excluding carboxylic acids is 2. The molecule has 0 radical (unpaired) electrons. The fourth-order valence-electron chi connectivity index (χ4n) is 12.3. The van der Waals surface area contributed by atoms with E-state index in [0.29, 0.717) is 40.8 Å². The Morgan fingerprint density at radius 2 is 1.53 bits per heavy atom. The number of allylic oxidation sites excluding steroid dienone is 3. The summed E-state index contributed by atoms with van der Waals surface area (Å²) >= 11 is 6.07. The fraction of sp³-hybridized carbons (Fsp3) is 0.690. The highest BCUT2D eigenvalue weighted by Gasteiger charge is 2.71. The third-order valence-corrected chi connectivity index (χ3v) is 15.5. The van der Waals surface area contributed by atoms with Crippen molar-refractivity contribution < 1.29 is 29.0 Å². The summed E-state index contributed by atoms with van der Waals surface area (Å²) in [6, 6.07) is 6.92. The van der Waals surface area contributed by atoms with Gasteiger partial charge in [-0.15, -0.1) is 0 Å². The van der Waals surface area contributed by atoms with Crippen molar-refractivity contribution in [3.05, 3.63) is 58.1 Å². The molecule has 0 saturated heterocycles. The molecule has 0 unspecified atom stereocenters. The minimum Gasteiger partial charge on any atom is -0.481 e. The van der Waals surface area contributed by atoms with E-state index in [1.165, 1.54) is 5.57 Å². The molecule has 5 aliphatic rings. The Bertz CT molecular complexity index is 1590. The van der Waals surface area contributed by atoms with Gasteiger partial charge in [0, 0.05) is 21.9 Å². The molecule has 0 bridgehead atoms. The van der Waals surface area contributed by atoms with Crippen molar-refractivity contribution in [3.8, 4) is 0 Å². The number of carbonyl (C=O) groups is 3. The normalized spacial score (nSPS) is 40.7. The number of hydrogen-bond donors (Lipinski definition) is 1. The number of halogens is 1. The Labute approximate surface area is 298 Å². The Kier molecular flexibility index (Phi) is 8.86. The summed E-state index contributed by atoms with van der Waals surface area (Å²) in [4.78, 5) is 39.9. The predicted octanol–water partition coefficient (Wildman–Crippen LogP) is 10.2. The number of fused-ring (bicyclic) bond motifs is 7. The van der Waals surface area contributed by atoms with Crippen LogP contribution in [0.4, 0.5) is 0 Å². The Morgan fingerprint density at radius 1 is 0.857 bits per heavy atom. The Morgan fingerprint density at radius 3 is 2.16 bits per heavy atom.